The molecule has 6 heteroatoms. The molecule has 2 rings (SSSR count). The van der Waals surface area contributed by atoms with Crippen LogP contribution in [-0.2, 0) is 9.59 Å². The van der Waals surface area contributed by atoms with E-state index in [1.54, 1.807) is 25.1 Å². The normalized spacial score (nSPS) is 22.7. The summed E-state index contributed by atoms with van der Waals surface area (Å²) in [5.74, 6) is -0.0411. The van der Waals surface area contributed by atoms with Gasteiger partial charge in [-0.1, -0.05) is 43.1 Å². The molecule has 2 atom stereocenters. The van der Waals surface area contributed by atoms with Crippen LogP contribution in [0.1, 0.15) is 27.2 Å². The van der Waals surface area contributed by atoms with Crippen molar-refractivity contribution in [1.29, 1.82) is 0 Å². The van der Waals surface area contributed by atoms with E-state index in [4.69, 9.17) is 23.2 Å². The van der Waals surface area contributed by atoms with Crippen molar-refractivity contribution in [2.75, 3.05) is 4.90 Å². The van der Waals surface area contributed by atoms with Crippen molar-refractivity contribution < 1.29 is 9.59 Å². The Labute approximate surface area is 134 Å². The average molecular weight is 329 g/mol. The van der Waals surface area contributed by atoms with Crippen LogP contribution in [0.3, 0.4) is 0 Å². The summed E-state index contributed by atoms with van der Waals surface area (Å²) in [7, 11) is 0. The van der Waals surface area contributed by atoms with Crippen molar-refractivity contribution in [3.8, 4) is 0 Å². The minimum absolute atomic E-state index is 0.153. The Morgan fingerprint density at radius 3 is 2.57 bits per heavy atom. The van der Waals surface area contributed by atoms with Gasteiger partial charge < -0.3 is 5.32 Å². The third kappa shape index (κ3) is 3.16. The highest BCUT2D eigenvalue weighted by atomic mass is 35.5. The molecule has 0 radical (unpaired) electrons. The van der Waals surface area contributed by atoms with Crippen LogP contribution in [0.25, 0.3) is 0 Å². The average Bonchev–Trinajstić information content (AvgIpc) is 2.40. The molecule has 1 N–H and O–H groups in total. The fraction of sp³-hybridized carbons (Fsp3) is 0.467. The Balaban J connectivity index is 2.41. The predicted octanol–water partition coefficient (Wildman–Crippen LogP) is 3.26. The van der Waals surface area contributed by atoms with Gasteiger partial charge in [-0.3, -0.25) is 14.5 Å². The van der Waals surface area contributed by atoms with Crippen LogP contribution in [0.4, 0.5) is 5.69 Å². The zero-order valence-corrected chi connectivity index (χ0v) is 13.7. The van der Waals surface area contributed by atoms with Crippen molar-refractivity contribution in [2.24, 2.45) is 5.92 Å². The Morgan fingerprint density at radius 1 is 1.29 bits per heavy atom. The fourth-order valence-electron chi connectivity index (χ4n) is 2.47. The second-order valence-corrected chi connectivity index (χ2v) is 6.43. The molecule has 114 valence electrons. The number of amides is 2. The molecule has 1 aromatic rings. The SMILES string of the molecule is CC(C)CC1NC(=O)C(C)N(c2cccc(Cl)c2Cl)C1=O. The number of anilines is 1. The summed E-state index contributed by atoms with van der Waals surface area (Å²) in [5, 5.41) is 3.43. The maximum Gasteiger partial charge on any atom is 0.250 e. The van der Waals surface area contributed by atoms with Crippen LogP contribution in [0, 0.1) is 5.92 Å². The van der Waals surface area contributed by atoms with Gasteiger partial charge in [0.2, 0.25) is 11.8 Å². The number of halogens is 2. The number of nitrogens with zero attached hydrogens (tertiary/aromatic N) is 1. The van der Waals surface area contributed by atoms with E-state index in [0.717, 1.165) is 0 Å². The van der Waals surface area contributed by atoms with E-state index in [9.17, 15) is 9.59 Å². The van der Waals surface area contributed by atoms with Gasteiger partial charge in [0, 0.05) is 0 Å². The largest absolute Gasteiger partial charge is 0.342 e. The van der Waals surface area contributed by atoms with Crippen LogP contribution < -0.4 is 10.2 Å². The first-order chi connectivity index (χ1) is 9.82. The third-order valence-electron chi connectivity index (χ3n) is 3.52. The summed E-state index contributed by atoms with van der Waals surface area (Å²) in [5.41, 5.74) is 0.477. The quantitative estimate of drug-likeness (QED) is 0.925. The standard InChI is InChI=1S/C15H18Cl2N2O2/c1-8(2)7-11-15(21)19(9(3)14(20)18-11)12-6-4-5-10(16)13(12)17/h4-6,8-9,11H,7H2,1-3H3,(H,18,20). The number of rotatable bonds is 3. The molecule has 0 aliphatic carbocycles. The van der Waals surface area contributed by atoms with Gasteiger partial charge in [-0.25, -0.2) is 0 Å². The molecule has 1 aromatic carbocycles. The van der Waals surface area contributed by atoms with Gasteiger partial charge in [0.25, 0.3) is 0 Å². The molecule has 0 saturated carbocycles. The summed E-state index contributed by atoms with van der Waals surface area (Å²) in [4.78, 5) is 26.3. The Bertz CT molecular complexity index is 575. The lowest BCUT2D eigenvalue weighted by molar-refractivity contribution is -0.133. The lowest BCUT2D eigenvalue weighted by Gasteiger charge is -2.38. The zero-order chi connectivity index (χ0) is 15.7. The first-order valence-corrected chi connectivity index (χ1v) is 7.66. The Morgan fingerprint density at radius 2 is 1.95 bits per heavy atom. The van der Waals surface area contributed by atoms with Crippen molar-refractivity contribution in [1.82, 2.24) is 5.32 Å². The number of piperazine rings is 1. The zero-order valence-electron chi connectivity index (χ0n) is 12.2. The topological polar surface area (TPSA) is 49.4 Å². The van der Waals surface area contributed by atoms with E-state index in [1.165, 1.54) is 4.90 Å². The molecule has 2 unspecified atom stereocenters. The molecule has 0 aromatic heterocycles. The molecule has 4 nitrogen and oxygen atoms in total. The van der Waals surface area contributed by atoms with E-state index < -0.39 is 12.1 Å². The van der Waals surface area contributed by atoms with E-state index in [2.05, 4.69) is 5.32 Å². The van der Waals surface area contributed by atoms with Crippen molar-refractivity contribution in [3.63, 3.8) is 0 Å². The minimum atomic E-state index is -0.614. The van der Waals surface area contributed by atoms with Gasteiger partial charge >= 0.3 is 0 Å². The number of carbonyl (C=O) groups is 2. The van der Waals surface area contributed by atoms with Gasteiger partial charge in [0.05, 0.1) is 15.7 Å². The summed E-state index contributed by atoms with van der Waals surface area (Å²) in [6, 6.07) is 3.93. The molecule has 1 heterocycles. The number of nitrogens with one attached hydrogen (secondary N) is 1. The first kappa shape index (κ1) is 16.1. The van der Waals surface area contributed by atoms with E-state index in [-0.39, 0.29) is 16.8 Å². The molecule has 0 bridgehead atoms. The van der Waals surface area contributed by atoms with Crippen molar-refractivity contribution >= 4 is 40.7 Å². The summed E-state index contributed by atoms with van der Waals surface area (Å²) in [6.45, 7) is 5.69. The highest BCUT2D eigenvalue weighted by Crippen LogP contribution is 2.35. The summed E-state index contributed by atoms with van der Waals surface area (Å²) in [6.07, 6.45) is 0.589. The Kier molecular flexibility index (Phi) is 4.79. The summed E-state index contributed by atoms with van der Waals surface area (Å²) >= 11 is 12.2. The molecule has 21 heavy (non-hydrogen) atoms. The highest BCUT2D eigenvalue weighted by molar-refractivity contribution is 6.44. The van der Waals surface area contributed by atoms with Crippen LogP contribution in [0.5, 0.6) is 0 Å². The fourth-order valence-corrected chi connectivity index (χ4v) is 2.85. The van der Waals surface area contributed by atoms with Crippen LogP contribution in [0.15, 0.2) is 18.2 Å². The number of hydrogen-bond acceptors (Lipinski definition) is 2. The molecule has 1 aliphatic heterocycles. The number of benzene rings is 1. The van der Waals surface area contributed by atoms with Gasteiger partial charge in [0.15, 0.2) is 0 Å². The molecule has 2 amide bonds. The maximum absolute atomic E-state index is 12.7. The number of carbonyl (C=O) groups excluding carboxylic acids is 2. The van der Waals surface area contributed by atoms with Crippen molar-refractivity contribution in [3.05, 3.63) is 28.2 Å². The smallest absolute Gasteiger partial charge is 0.250 e. The van der Waals surface area contributed by atoms with Gasteiger partial charge in [-0.2, -0.15) is 0 Å². The van der Waals surface area contributed by atoms with Crippen LogP contribution in [-0.4, -0.2) is 23.9 Å². The lowest BCUT2D eigenvalue weighted by atomic mass is 9.98. The maximum atomic E-state index is 12.7. The van der Waals surface area contributed by atoms with Crippen LogP contribution >= 0.6 is 23.2 Å². The highest BCUT2D eigenvalue weighted by Gasteiger charge is 2.39. The first-order valence-electron chi connectivity index (χ1n) is 6.90. The van der Waals surface area contributed by atoms with E-state index >= 15 is 0 Å². The predicted molar refractivity (Wildman–Crippen MR) is 84.8 cm³/mol. The van der Waals surface area contributed by atoms with Gasteiger partial charge in [0.1, 0.15) is 12.1 Å². The van der Waals surface area contributed by atoms with Crippen molar-refractivity contribution in [2.45, 2.75) is 39.3 Å². The summed E-state index contributed by atoms with van der Waals surface area (Å²) < 4.78 is 0. The van der Waals surface area contributed by atoms with Gasteiger partial charge in [-0.15, -0.1) is 0 Å². The molecule has 0 spiro atoms. The molecule has 1 saturated heterocycles. The monoisotopic (exact) mass is 328 g/mol. The minimum Gasteiger partial charge on any atom is -0.342 e. The van der Waals surface area contributed by atoms with E-state index in [0.29, 0.717) is 23.0 Å². The molecular formula is C15H18Cl2N2O2. The second-order valence-electron chi connectivity index (χ2n) is 5.65. The lowest BCUT2D eigenvalue weighted by Crippen LogP contribution is -2.63. The molecule has 1 fully saturated rings. The Hall–Kier alpha value is -1.26. The number of hydrogen-bond donors (Lipinski definition) is 1. The molecular weight excluding hydrogens is 311 g/mol. The molecule has 1 aliphatic rings. The second kappa shape index (κ2) is 6.24. The third-order valence-corrected chi connectivity index (χ3v) is 4.33. The van der Waals surface area contributed by atoms with Gasteiger partial charge in [-0.05, 0) is 31.4 Å². The van der Waals surface area contributed by atoms with E-state index in [1.807, 2.05) is 13.8 Å². The van der Waals surface area contributed by atoms with Crippen LogP contribution in [0.2, 0.25) is 10.0 Å².